The highest BCUT2D eigenvalue weighted by Gasteiger charge is 2.26. The average Bonchev–Trinajstić information content (AvgIpc) is 2.19. The van der Waals surface area contributed by atoms with Crippen LogP contribution in [-0.2, 0) is 4.79 Å². The Hall–Kier alpha value is -0.530. The van der Waals surface area contributed by atoms with Gasteiger partial charge in [-0.15, -0.1) is 0 Å². The van der Waals surface area contributed by atoms with Gasteiger partial charge < -0.3 is 5.11 Å². The molecule has 2 nitrogen and oxygen atoms in total. The topological polar surface area (TPSA) is 37.3 Å². The number of carbonyl (C=O) groups is 1. The lowest BCUT2D eigenvalue weighted by Gasteiger charge is -2.24. The van der Waals surface area contributed by atoms with Gasteiger partial charge in [-0.2, -0.15) is 0 Å². The summed E-state index contributed by atoms with van der Waals surface area (Å²) < 4.78 is 0. The molecule has 88 valence electrons. The molecule has 0 heterocycles. The maximum absolute atomic E-state index is 10.9. The van der Waals surface area contributed by atoms with E-state index in [1.54, 1.807) is 0 Å². The van der Waals surface area contributed by atoms with Gasteiger partial charge in [-0.05, 0) is 26.2 Å². The van der Waals surface area contributed by atoms with E-state index in [2.05, 4.69) is 0 Å². The van der Waals surface area contributed by atoms with Gasteiger partial charge in [0.1, 0.15) is 0 Å². The normalized spacial score (nSPS) is 19.1. The highest BCUT2D eigenvalue weighted by Crippen LogP contribution is 2.30. The number of carboxylic acid groups (broad SMARTS) is 1. The number of aliphatic carboxylic acids is 1. The Morgan fingerprint density at radius 1 is 1.27 bits per heavy atom. The summed E-state index contributed by atoms with van der Waals surface area (Å²) in [5, 5.41) is 8.98. The van der Waals surface area contributed by atoms with Crippen molar-refractivity contribution in [2.75, 3.05) is 0 Å². The largest absolute Gasteiger partial charge is 0.481 e. The Balaban J connectivity index is 2.17. The molecular formula is C13H24O2. The van der Waals surface area contributed by atoms with E-state index in [1.165, 1.54) is 38.5 Å². The molecule has 0 radical (unpaired) electrons. The summed E-state index contributed by atoms with van der Waals surface area (Å²) in [4.78, 5) is 10.9. The molecule has 0 saturated heterocycles. The molecule has 15 heavy (non-hydrogen) atoms. The minimum atomic E-state index is -0.661. The van der Waals surface area contributed by atoms with Crippen molar-refractivity contribution in [3.8, 4) is 0 Å². The first-order chi connectivity index (χ1) is 7.02. The standard InChI is InChI=1S/C13H24O2/c1-13(2,12(14)15)10-6-9-11-7-4-3-5-8-11/h11H,3-10H2,1-2H3,(H,14,15). The fraction of sp³-hybridized carbons (Fsp3) is 0.923. The van der Waals surface area contributed by atoms with Crippen molar-refractivity contribution >= 4 is 5.97 Å². The summed E-state index contributed by atoms with van der Waals surface area (Å²) in [6, 6.07) is 0. The molecule has 1 fully saturated rings. The van der Waals surface area contributed by atoms with Crippen molar-refractivity contribution in [1.82, 2.24) is 0 Å². The van der Waals surface area contributed by atoms with Crippen molar-refractivity contribution in [2.24, 2.45) is 11.3 Å². The summed E-state index contributed by atoms with van der Waals surface area (Å²) in [6.45, 7) is 3.66. The monoisotopic (exact) mass is 212 g/mol. The molecule has 1 saturated carbocycles. The predicted octanol–water partition coefficient (Wildman–Crippen LogP) is 3.85. The van der Waals surface area contributed by atoms with Crippen molar-refractivity contribution in [3.05, 3.63) is 0 Å². The van der Waals surface area contributed by atoms with Crippen LogP contribution in [0.2, 0.25) is 0 Å². The summed E-state index contributed by atoms with van der Waals surface area (Å²) in [6.07, 6.45) is 10.0. The molecule has 1 aliphatic carbocycles. The highest BCUT2D eigenvalue weighted by atomic mass is 16.4. The van der Waals surface area contributed by atoms with Gasteiger partial charge in [-0.1, -0.05) is 44.9 Å². The second-order valence-electron chi connectivity index (χ2n) is 5.59. The van der Waals surface area contributed by atoms with Gasteiger partial charge in [-0.25, -0.2) is 0 Å². The second kappa shape index (κ2) is 5.53. The highest BCUT2D eigenvalue weighted by molar-refractivity contribution is 5.73. The van der Waals surface area contributed by atoms with Crippen LogP contribution in [0, 0.1) is 11.3 Å². The van der Waals surface area contributed by atoms with E-state index in [1.807, 2.05) is 13.8 Å². The van der Waals surface area contributed by atoms with Crippen LogP contribution in [0.5, 0.6) is 0 Å². The van der Waals surface area contributed by atoms with Gasteiger partial charge >= 0.3 is 5.97 Å². The maximum Gasteiger partial charge on any atom is 0.309 e. The Kier molecular flexibility index (Phi) is 4.62. The van der Waals surface area contributed by atoms with Crippen LogP contribution in [-0.4, -0.2) is 11.1 Å². The van der Waals surface area contributed by atoms with Gasteiger partial charge in [0.05, 0.1) is 5.41 Å². The van der Waals surface area contributed by atoms with Crippen molar-refractivity contribution in [3.63, 3.8) is 0 Å². The summed E-state index contributed by atoms with van der Waals surface area (Å²) in [7, 11) is 0. The zero-order valence-electron chi connectivity index (χ0n) is 10.1. The Bertz CT molecular complexity index is 203. The lowest BCUT2D eigenvalue weighted by Crippen LogP contribution is -2.23. The molecule has 0 aliphatic heterocycles. The van der Waals surface area contributed by atoms with Crippen LogP contribution in [0.4, 0.5) is 0 Å². The van der Waals surface area contributed by atoms with E-state index in [-0.39, 0.29) is 0 Å². The molecule has 0 bridgehead atoms. The molecule has 0 unspecified atom stereocenters. The van der Waals surface area contributed by atoms with E-state index in [9.17, 15) is 4.79 Å². The van der Waals surface area contributed by atoms with E-state index >= 15 is 0 Å². The first kappa shape index (κ1) is 12.5. The van der Waals surface area contributed by atoms with Gasteiger partial charge in [0.25, 0.3) is 0 Å². The second-order valence-corrected chi connectivity index (χ2v) is 5.59. The predicted molar refractivity (Wildman–Crippen MR) is 61.8 cm³/mol. The van der Waals surface area contributed by atoms with Crippen LogP contribution in [0.15, 0.2) is 0 Å². The molecule has 2 heteroatoms. The molecule has 1 aliphatic rings. The lowest BCUT2D eigenvalue weighted by atomic mass is 9.82. The zero-order valence-corrected chi connectivity index (χ0v) is 10.1. The number of carboxylic acids is 1. The van der Waals surface area contributed by atoms with Crippen LogP contribution in [0.25, 0.3) is 0 Å². The quantitative estimate of drug-likeness (QED) is 0.751. The minimum Gasteiger partial charge on any atom is -0.481 e. The number of hydrogen-bond donors (Lipinski definition) is 1. The SMILES string of the molecule is CC(C)(CCCC1CCCCC1)C(=O)O. The van der Waals surface area contributed by atoms with Crippen LogP contribution in [0.3, 0.4) is 0 Å². The van der Waals surface area contributed by atoms with E-state index in [0.717, 1.165) is 18.8 Å². The number of hydrogen-bond acceptors (Lipinski definition) is 1. The molecule has 1 N–H and O–H groups in total. The third-order valence-corrected chi connectivity index (χ3v) is 3.72. The van der Waals surface area contributed by atoms with Crippen LogP contribution < -0.4 is 0 Å². The molecule has 0 aromatic carbocycles. The van der Waals surface area contributed by atoms with E-state index in [4.69, 9.17) is 5.11 Å². The Labute approximate surface area is 93.1 Å². The van der Waals surface area contributed by atoms with E-state index in [0.29, 0.717) is 0 Å². The maximum atomic E-state index is 10.9. The lowest BCUT2D eigenvalue weighted by molar-refractivity contribution is -0.147. The molecule has 1 rings (SSSR count). The molecular weight excluding hydrogens is 188 g/mol. The van der Waals surface area contributed by atoms with Gasteiger partial charge in [0.2, 0.25) is 0 Å². The van der Waals surface area contributed by atoms with E-state index < -0.39 is 11.4 Å². The third-order valence-electron chi connectivity index (χ3n) is 3.72. The average molecular weight is 212 g/mol. The first-order valence-corrected chi connectivity index (χ1v) is 6.26. The van der Waals surface area contributed by atoms with Gasteiger partial charge in [0, 0.05) is 0 Å². The third kappa shape index (κ3) is 4.23. The smallest absolute Gasteiger partial charge is 0.309 e. The molecule has 0 spiro atoms. The minimum absolute atomic E-state index is 0.533. The van der Waals surface area contributed by atoms with Crippen LogP contribution >= 0.6 is 0 Å². The molecule has 0 aromatic rings. The van der Waals surface area contributed by atoms with Gasteiger partial charge in [0.15, 0.2) is 0 Å². The summed E-state index contributed by atoms with van der Waals surface area (Å²) in [5.41, 5.74) is -0.533. The number of rotatable bonds is 5. The fourth-order valence-electron chi connectivity index (χ4n) is 2.42. The van der Waals surface area contributed by atoms with Crippen LogP contribution in [0.1, 0.15) is 65.2 Å². The van der Waals surface area contributed by atoms with Gasteiger partial charge in [-0.3, -0.25) is 4.79 Å². The first-order valence-electron chi connectivity index (χ1n) is 6.26. The van der Waals surface area contributed by atoms with Crippen molar-refractivity contribution < 1.29 is 9.90 Å². The molecule has 0 atom stereocenters. The summed E-state index contributed by atoms with van der Waals surface area (Å²) in [5.74, 6) is 0.217. The van der Waals surface area contributed by atoms with Crippen molar-refractivity contribution in [1.29, 1.82) is 0 Å². The molecule has 0 amide bonds. The fourth-order valence-corrected chi connectivity index (χ4v) is 2.42. The Morgan fingerprint density at radius 3 is 2.40 bits per heavy atom. The zero-order chi connectivity index (χ0) is 11.3. The Morgan fingerprint density at radius 2 is 1.87 bits per heavy atom. The summed E-state index contributed by atoms with van der Waals surface area (Å²) >= 11 is 0. The van der Waals surface area contributed by atoms with Crippen molar-refractivity contribution in [2.45, 2.75) is 65.2 Å². The molecule has 0 aromatic heterocycles.